The van der Waals surface area contributed by atoms with Gasteiger partial charge in [0, 0.05) is 28.4 Å². The zero-order valence-corrected chi connectivity index (χ0v) is 18.9. The molecule has 174 valence electrons. The summed E-state index contributed by atoms with van der Waals surface area (Å²) in [5, 5.41) is 13.2. The fraction of sp³-hybridized carbons (Fsp3) is 0.0714. The molecule has 35 heavy (non-hydrogen) atoms. The van der Waals surface area contributed by atoms with Gasteiger partial charge in [0.15, 0.2) is 0 Å². The van der Waals surface area contributed by atoms with Crippen LogP contribution in [0.4, 0.5) is 13.2 Å². The van der Waals surface area contributed by atoms with Gasteiger partial charge in [-0.15, -0.1) is 0 Å². The number of pyridine rings is 2. The van der Waals surface area contributed by atoms with Crippen LogP contribution >= 0.6 is 11.6 Å². The van der Waals surface area contributed by atoms with E-state index in [0.717, 1.165) is 28.8 Å². The van der Waals surface area contributed by atoms with Crippen LogP contribution in [0.1, 0.15) is 22.4 Å². The second-order valence-corrected chi connectivity index (χ2v) is 8.58. The van der Waals surface area contributed by atoms with E-state index in [1.807, 2.05) is 36.4 Å². The maximum Gasteiger partial charge on any atom is 0.433 e. The van der Waals surface area contributed by atoms with Gasteiger partial charge in [-0.3, -0.25) is 9.97 Å². The molecule has 0 aliphatic rings. The fourth-order valence-electron chi connectivity index (χ4n) is 4.17. The third kappa shape index (κ3) is 4.38. The standard InChI is InChI=1S/C28H18ClF3N2O/c29-24-8-4-7-21(15-24)27(35,23-11-12-33-26(16-23)28(30,31)32)22-9-10-25-19(14-22)13-20(17-34-25)18-5-2-1-3-6-18/h1-17,35H. The van der Waals surface area contributed by atoms with Crippen LogP contribution in [0.2, 0.25) is 5.02 Å². The van der Waals surface area contributed by atoms with Crippen LogP contribution in [0.3, 0.4) is 0 Å². The number of fused-ring (bicyclic) bond motifs is 1. The molecule has 0 spiro atoms. The number of benzene rings is 3. The second kappa shape index (κ2) is 8.80. The SMILES string of the molecule is OC(c1cccc(Cl)c1)(c1ccnc(C(F)(F)F)c1)c1ccc2ncc(-c3ccccc3)cc2c1. The van der Waals surface area contributed by atoms with Crippen molar-refractivity contribution in [3.05, 3.63) is 131 Å². The highest BCUT2D eigenvalue weighted by molar-refractivity contribution is 6.30. The molecule has 1 N–H and O–H groups in total. The number of hydrogen-bond acceptors (Lipinski definition) is 3. The highest BCUT2D eigenvalue weighted by Crippen LogP contribution is 2.40. The number of aromatic nitrogens is 2. The van der Waals surface area contributed by atoms with Crippen LogP contribution in [-0.2, 0) is 11.8 Å². The lowest BCUT2D eigenvalue weighted by atomic mass is 9.80. The summed E-state index contributed by atoms with van der Waals surface area (Å²) in [5.74, 6) is 0. The average Bonchev–Trinajstić information content (AvgIpc) is 2.87. The van der Waals surface area contributed by atoms with E-state index in [2.05, 4.69) is 9.97 Å². The number of rotatable bonds is 4. The molecule has 0 amide bonds. The molecule has 5 rings (SSSR count). The molecule has 0 aliphatic heterocycles. The van der Waals surface area contributed by atoms with Gasteiger partial charge in [-0.25, -0.2) is 0 Å². The van der Waals surface area contributed by atoms with Crippen molar-refractivity contribution in [1.29, 1.82) is 0 Å². The first kappa shape index (κ1) is 23.0. The van der Waals surface area contributed by atoms with E-state index in [1.54, 1.807) is 42.6 Å². The first-order valence-electron chi connectivity index (χ1n) is 10.7. The molecule has 3 aromatic carbocycles. The Morgan fingerprint density at radius 1 is 0.686 bits per heavy atom. The largest absolute Gasteiger partial charge is 0.433 e. The van der Waals surface area contributed by atoms with Crippen LogP contribution in [0.15, 0.2) is 103 Å². The molecule has 0 bridgehead atoms. The Hall–Kier alpha value is -3.74. The monoisotopic (exact) mass is 490 g/mol. The zero-order valence-electron chi connectivity index (χ0n) is 18.2. The minimum absolute atomic E-state index is 0.0219. The second-order valence-electron chi connectivity index (χ2n) is 8.15. The number of alkyl halides is 3. The Kier molecular flexibility index (Phi) is 5.79. The summed E-state index contributed by atoms with van der Waals surface area (Å²) in [4.78, 5) is 7.98. The fourth-order valence-corrected chi connectivity index (χ4v) is 4.36. The van der Waals surface area contributed by atoms with Crippen LogP contribution in [-0.4, -0.2) is 15.1 Å². The van der Waals surface area contributed by atoms with E-state index in [-0.39, 0.29) is 5.56 Å². The lowest BCUT2D eigenvalue weighted by Crippen LogP contribution is -2.29. The minimum Gasteiger partial charge on any atom is -0.376 e. The van der Waals surface area contributed by atoms with Gasteiger partial charge in [-0.05, 0) is 64.7 Å². The quantitative estimate of drug-likeness (QED) is 0.288. The first-order valence-corrected chi connectivity index (χ1v) is 11.1. The third-order valence-electron chi connectivity index (χ3n) is 5.92. The molecular weight excluding hydrogens is 473 g/mol. The van der Waals surface area contributed by atoms with Gasteiger partial charge in [-0.1, -0.05) is 60.1 Å². The van der Waals surface area contributed by atoms with E-state index in [9.17, 15) is 18.3 Å². The van der Waals surface area contributed by atoms with Gasteiger partial charge < -0.3 is 5.11 Å². The van der Waals surface area contributed by atoms with Crippen LogP contribution in [0, 0.1) is 0 Å². The maximum atomic E-state index is 13.5. The molecule has 0 aliphatic carbocycles. The predicted octanol–water partition coefficient (Wildman–Crippen LogP) is 7.25. The smallest absolute Gasteiger partial charge is 0.376 e. The summed E-state index contributed by atoms with van der Waals surface area (Å²) in [6.07, 6.45) is -1.86. The van der Waals surface area contributed by atoms with Gasteiger partial charge in [0.05, 0.1) is 5.52 Å². The molecule has 0 radical (unpaired) electrons. The topological polar surface area (TPSA) is 46.0 Å². The van der Waals surface area contributed by atoms with Crippen molar-refractivity contribution in [2.45, 2.75) is 11.8 Å². The Morgan fingerprint density at radius 2 is 1.43 bits per heavy atom. The molecule has 2 heterocycles. The molecule has 1 atom stereocenters. The van der Waals surface area contributed by atoms with E-state index in [4.69, 9.17) is 11.6 Å². The molecule has 3 nitrogen and oxygen atoms in total. The van der Waals surface area contributed by atoms with Crippen LogP contribution < -0.4 is 0 Å². The van der Waals surface area contributed by atoms with E-state index in [1.165, 1.54) is 12.1 Å². The number of nitrogens with zero attached hydrogens (tertiary/aromatic N) is 2. The highest BCUT2D eigenvalue weighted by atomic mass is 35.5. The van der Waals surface area contributed by atoms with Gasteiger partial charge in [0.2, 0.25) is 0 Å². The summed E-state index contributed by atoms with van der Waals surface area (Å²) >= 11 is 6.20. The van der Waals surface area contributed by atoms with Crippen molar-refractivity contribution >= 4 is 22.5 Å². The molecular formula is C28H18ClF3N2O. The zero-order chi connectivity index (χ0) is 24.6. The van der Waals surface area contributed by atoms with Crippen LogP contribution in [0.25, 0.3) is 22.0 Å². The molecule has 7 heteroatoms. The van der Waals surface area contributed by atoms with E-state index >= 15 is 0 Å². The van der Waals surface area contributed by atoms with Gasteiger partial charge in [0.25, 0.3) is 0 Å². The Bertz CT molecular complexity index is 1520. The summed E-state index contributed by atoms with van der Waals surface area (Å²) in [7, 11) is 0. The molecule has 0 saturated carbocycles. The maximum absolute atomic E-state index is 13.5. The number of halogens is 4. The predicted molar refractivity (Wildman–Crippen MR) is 130 cm³/mol. The van der Waals surface area contributed by atoms with Crippen molar-refractivity contribution in [2.24, 2.45) is 0 Å². The Morgan fingerprint density at radius 3 is 2.17 bits per heavy atom. The summed E-state index contributed by atoms with van der Waals surface area (Å²) in [6.45, 7) is 0. The first-order chi connectivity index (χ1) is 16.7. The third-order valence-corrected chi connectivity index (χ3v) is 6.15. The highest BCUT2D eigenvalue weighted by Gasteiger charge is 2.38. The molecule has 2 aromatic heterocycles. The van der Waals surface area contributed by atoms with Crippen molar-refractivity contribution < 1.29 is 18.3 Å². The van der Waals surface area contributed by atoms with E-state index in [0.29, 0.717) is 21.7 Å². The Labute approximate surface area is 204 Å². The molecule has 5 aromatic rings. The van der Waals surface area contributed by atoms with Gasteiger partial charge in [-0.2, -0.15) is 13.2 Å². The lowest BCUT2D eigenvalue weighted by Gasteiger charge is -2.31. The lowest BCUT2D eigenvalue weighted by molar-refractivity contribution is -0.141. The minimum atomic E-state index is -4.66. The molecule has 0 saturated heterocycles. The van der Waals surface area contributed by atoms with E-state index < -0.39 is 17.5 Å². The van der Waals surface area contributed by atoms with Crippen LogP contribution in [0.5, 0.6) is 0 Å². The number of hydrogen-bond donors (Lipinski definition) is 1. The normalized spacial score (nSPS) is 13.5. The molecule has 0 fully saturated rings. The van der Waals surface area contributed by atoms with Crippen molar-refractivity contribution in [2.75, 3.05) is 0 Å². The van der Waals surface area contributed by atoms with Crippen molar-refractivity contribution in [1.82, 2.24) is 9.97 Å². The average molecular weight is 491 g/mol. The summed E-state index contributed by atoms with van der Waals surface area (Å²) in [5.41, 5.74) is 0.246. The molecule has 1 unspecified atom stereocenters. The van der Waals surface area contributed by atoms with Gasteiger partial charge >= 0.3 is 6.18 Å². The Balaban J connectivity index is 1.73. The van der Waals surface area contributed by atoms with Crippen molar-refractivity contribution in [3.63, 3.8) is 0 Å². The summed E-state index contributed by atoms with van der Waals surface area (Å²) in [6, 6.07) is 25.5. The number of aliphatic hydroxyl groups is 1. The summed E-state index contributed by atoms with van der Waals surface area (Å²) < 4.78 is 40.4. The van der Waals surface area contributed by atoms with Gasteiger partial charge in [0.1, 0.15) is 11.3 Å². The van der Waals surface area contributed by atoms with Crippen molar-refractivity contribution in [3.8, 4) is 11.1 Å².